The molecule has 2 rings (SSSR count). The molecule has 0 spiro atoms. The lowest BCUT2D eigenvalue weighted by Crippen LogP contribution is -2.13. The van der Waals surface area contributed by atoms with E-state index in [0.29, 0.717) is 28.3 Å². The largest absolute Gasteiger partial charge is 0.389 e. The fourth-order valence-electron chi connectivity index (χ4n) is 1.46. The molecule has 2 aromatic rings. The van der Waals surface area contributed by atoms with Crippen molar-refractivity contribution in [3.05, 3.63) is 40.5 Å². The molecule has 0 aliphatic heterocycles. The Kier molecular flexibility index (Phi) is 3.78. The van der Waals surface area contributed by atoms with Gasteiger partial charge >= 0.3 is 0 Å². The number of hydrogen-bond donors (Lipinski definition) is 2. The Balaban J connectivity index is 2.17. The number of benzene rings is 1. The highest BCUT2D eigenvalue weighted by molar-refractivity contribution is 7.80. The summed E-state index contributed by atoms with van der Waals surface area (Å²) in [5.74, 6) is 1.08. The number of nitrogens with zero attached hydrogens (tertiary/aromatic N) is 2. The fourth-order valence-corrected chi connectivity index (χ4v) is 1.82. The highest BCUT2D eigenvalue weighted by atomic mass is 35.5. The highest BCUT2D eigenvalue weighted by Crippen LogP contribution is 2.21. The standard InChI is InChI=1S/C11H11ClN4OS/c1-6-15-10(16-17-6)5-14-9-4-7(12)2-3-8(9)11(13)18/h2-4,14H,5H2,1H3,(H2,13,18). The zero-order chi connectivity index (χ0) is 13.1. The summed E-state index contributed by atoms with van der Waals surface area (Å²) in [6, 6.07) is 5.26. The molecule has 18 heavy (non-hydrogen) atoms. The Bertz CT molecular complexity index is 584. The first-order chi connectivity index (χ1) is 8.56. The lowest BCUT2D eigenvalue weighted by atomic mass is 10.2. The van der Waals surface area contributed by atoms with E-state index >= 15 is 0 Å². The summed E-state index contributed by atoms with van der Waals surface area (Å²) in [4.78, 5) is 4.39. The molecule has 94 valence electrons. The van der Waals surface area contributed by atoms with Crippen molar-refractivity contribution in [2.24, 2.45) is 5.73 Å². The normalized spacial score (nSPS) is 10.3. The molecule has 7 heteroatoms. The van der Waals surface area contributed by atoms with Crippen LogP contribution in [0.5, 0.6) is 0 Å². The van der Waals surface area contributed by atoms with E-state index in [9.17, 15) is 0 Å². The Morgan fingerprint density at radius 3 is 2.94 bits per heavy atom. The average molecular weight is 283 g/mol. The number of rotatable bonds is 4. The SMILES string of the molecule is Cc1nc(CNc2cc(Cl)ccc2C(N)=S)no1. The molecule has 0 aliphatic rings. The van der Waals surface area contributed by atoms with Gasteiger partial charge in [-0.3, -0.25) is 0 Å². The van der Waals surface area contributed by atoms with E-state index in [0.717, 1.165) is 11.3 Å². The van der Waals surface area contributed by atoms with E-state index in [2.05, 4.69) is 15.5 Å². The van der Waals surface area contributed by atoms with Crippen LogP contribution < -0.4 is 11.1 Å². The molecule has 0 atom stereocenters. The van der Waals surface area contributed by atoms with Crippen LogP contribution in [0.15, 0.2) is 22.7 Å². The second-order valence-corrected chi connectivity index (χ2v) is 4.51. The van der Waals surface area contributed by atoms with Gasteiger partial charge < -0.3 is 15.6 Å². The van der Waals surface area contributed by atoms with Crippen LogP contribution in [0.3, 0.4) is 0 Å². The average Bonchev–Trinajstić information content (AvgIpc) is 2.72. The smallest absolute Gasteiger partial charge is 0.223 e. The topological polar surface area (TPSA) is 77.0 Å². The maximum absolute atomic E-state index is 5.93. The van der Waals surface area contributed by atoms with E-state index < -0.39 is 0 Å². The first-order valence-electron chi connectivity index (χ1n) is 5.18. The van der Waals surface area contributed by atoms with Crippen LogP contribution in [0, 0.1) is 6.92 Å². The number of nitrogens with one attached hydrogen (secondary N) is 1. The van der Waals surface area contributed by atoms with Crippen LogP contribution in [-0.2, 0) is 6.54 Å². The van der Waals surface area contributed by atoms with Crippen LogP contribution in [-0.4, -0.2) is 15.1 Å². The molecule has 0 unspecified atom stereocenters. The van der Waals surface area contributed by atoms with E-state index in [4.69, 9.17) is 34.1 Å². The lowest BCUT2D eigenvalue weighted by Gasteiger charge is -2.10. The van der Waals surface area contributed by atoms with Gasteiger partial charge in [-0.1, -0.05) is 29.0 Å². The van der Waals surface area contributed by atoms with Crippen molar-refractivity contribution >= 4 is 34.5 Å². The van der Waals surface area contributed by atoms with Gasteiger partial charge in [-0.05, 0) is 18.2 Å². The van der Waals surface area contributed by atoms with Gasteiger partial charge in [0.25, 0.3) is 0 Å². The summed E-state index contributed by atoms with van der Waals surface area (Å²) in [5, 5.41) is 7.51. The second kappa shape index (κ2) is 5.32. The van der Waals surface area contributed by atoms with Gasteiger partial charge in [0.2, 0.25) is 5.89 Å². The summed E-state index contributed by atoms with van der Waals surface area (Å²) in [7, 11) is 0. The van der Waals surface area contributed by atoms with Crippen LogP contribution >= 0.6 is 23.8 Å². The Labute approximate surface area is 114 Å². The molecule has 0 radical (unpaired) electrons. The van der Waals surface area contributed by atoms with Crippen molar-refractivity contribution in [2.45, 2.75) is 13.5 Å². The van der Waals surface area contributed by atoms with Crippen LogP contribution in [0.4, 0.5) is 5.69 Å². The first kappa shape index (κ1) is 12.8. The molecule has 0 amide bonds. The summed E-state index contributed by atoms with van der Waals surface area (Å²) in [6.07, 6.45) is 0. The van der Waals surface area contributed by atoms with Crippen molar-refractivity contribution in [1.82, 2.24) is 10.1 Å². The predicted octanol–water partition coefficient (Wildman–Crippen LogP) is 2.28. The van der Waals surface area contributed by atoms with Gasteiger partial charge in [-0.2, -0.15) is 4.98 Å². The molecular weight excluding hydrogens is 272 g/mol. The Hall–Kier alpha value is -1.66. The minimum atomic E-state index is 0.304. The maximum Gasteiger partial charge on any atom is 0.223 e. The molecule has 0 fully saturated rings. The van der Waals surface area contributed by atoms with Crippen molar-refractivity contribution in [3.63, 3.8) is 0 Å². The zero-order valence-corrected chi connectivity index (χ0v) is 11.2. The minimum absolute atomic E-state index is 0.304. The third-order valence-corrected chi connectivity index (χ3v) is 2.71. The highest BCUT2D eigenvalue weighted by Gasteiger charge is 2.07. The van der Waals surface area contributed by atoms with Gasteiger partial charge in [0.05, 0.1) is 6.54 Å². The number of aromatic nitrogens is 2. The zero-order valence-electron chi connectivity index (χ0n) is 9.61. The van der Waals surface area contributed by atoms with Crippen molar-refractivity contribution < 1.29 is 4.52 Å². The molecule has 1 aromatic heterocycles. The second-order valence-electron chi connectivity index (χ2n) is 3.64. The number of nitrogens with two attached hydrogens (primary N) is 1. The number of anilines is 1. The monoisotopic (exact) mass is 282 g/mol. The quantitative estimate of drug-likeness (QED) is 0.838. The summed E-state index contributed by atoms with van der Waals surface area (Å²) >= 11 is 10.9. The van der Waals surface area contributed by atoms with Gasteiger partial charge in [0, 0.05) is 23.2 Å². The molecule has 0 bridgehead atoms. The van der Waals surface area contributed by atoms with Crippen molar-refractivity contribution in [3.8, 4) is 0 Å². The molecule has 5 nitrogen and oxygen atoms in total. The summed E-state index contributed by atoms with van der Waals surface area (Å²) in [5.41, 5.74) is 7.12. The van der Waals surface area contributed by atoms with Gasteiger partial charge in [0.1, 0.15) is 4.99 Å². The van der Waals surface area contributed by atoms with Crippen molar-refractivity contribution in [1.29, 1.82) is 0 Å². The molecule has 1 heterocycles. The molecule has 3 N–H and O–H groups in total. The van der Waals surface area contributed by atoms with Crippen LogP contribution in [0.1, 0.15) is 17.3 Å². The van der Waals surface area contributed by atoms with Crippen LogP contribution in [0.25, 0.3) is 0 Å². The third kappa shape index (κ3) is 2.96. The van der Waals surface area contributed by atoms with Crippen molar-refractivity contribution in [2.75, 3.05) is 5.32 Å². The third-order valence-electron chi connectivity index (χ3n) is 2.25. The van der Waals surface area contributed by atoms with Crippen LogP contribution in [0.2, 0.25) is 5.02 Å². The predicted molar refractivity (Wildman–Crippen MR) is 73.7 cm³/mol. The van der Waals surface area contributed by atoms with E-state index in [1.165, 1.54) is 0 Å². The van der Waals surface area contributed by atoms with Gasteiger partial charge in [0.15, 0.2) is 5.82 Å². The number of thiocarbonyl (C=S) groups is 1. The summed E-state index contributed by atoms with van der Waals surface area (Å²) in [6.45, 7) is 2.14. The number of halogens is 1. The summed E-state index contributed by atoms with van der Waals surface area (Å²) < 4.78 is 4.88. The van der Waals surface area contributed by atoms with E-state index in [1.54, 1.807) is 25.1 Å². The molecule has 1 aromatic carbocycles. The molecule has 0 aliphatic carbocycles. The Morgan fingerprint density at radius 1 is 1.56 bits per heavy atom. The van der Waals surface area contributed by atoms with E-state index in [1.807, 2.05) is 0 Å². The first-order valence-corrected chi connectivity index (χ1v) is 5.97. The van der Waals surface area contributed by atoms with E-state index in [-0.39, 0.29) is 0 Å². The molecular formula is C11H11ClN4OS. The number of hydrogen-bond acceptors (Lipinski definition) is 5. The molecule has 0 saturated carbocycles. The Morgan fingerprint density at radius 2 is 2.33 bits per heavy atom. The molecule has 0 saturated heterocycles. The van der Waals surface area contributed by atoms with Gasteiger partial charge in [-0.25, -0.2) is 0 Å². The van der Waals surface area contributed by atoms with Gasteiger partial charge in [-0.15, -0.1) is 0 Å². The fraction of sp³-hybridized carbons (Fsp3) is 0.182. The lowest BCUT2D eigenvalue weighted by molar-refractivity contribution is 0.388. The minimum Gasteiger partial charge on any atom is -0.389 e. The maximum atomic E-state index is 5.93. The number of aryl methyl sites for hydroxylation is 1.